The van der Waals surface area contributed by atoms with Crippen LogP contribution in [-0.4, -0.2) is 34.7 Å². The van der Waals surface area contributed by atoms with Crippen molar-refractivity contribution in [2.24, 2.45) is 17.8 Å². The molecule has 5 atom stereocenters. The average molecular weight is 279 g/mol. The molecule has 3 fully saturated rings. The van der Waals surface area contributed by atoms with Crippen LogP contribution in [0.1, 0.15) is 71.6 Å². The van der Waals surface area contributed by atoms with Crippen LogP contribution in [-0.2, 0) is 0 Å². The third kappa shape index (κ3) is 2.92. The quantitative estimate of drug-likeness (QED) is 0.830. The summed E-state index contributed by atoms with van der Waals surface area (Å²) < 4.78 is 0. The maximum Gasteiger partial charge on any atom is 0.0695 e. The number of hydrogen-bond donors (Lipinski definition) is 1. The van der Waals surface area contributed by atoms with Crippen LogP contribution in [0.4, 0.5) is 0 Å². The molecule has 0 amide bonds. The molecule has 0 aromatic heterocycles. The molecule has 1 heterocycles. The predicted octanol–water partition coefficient (Wildman–Crippen LogP) is 3.83. The van der Waals surface area contributed by atoms with Gasteiger partial charge in [-0.15, -0.1) is 0 Å². The third-order valence-electron chi connectivity index (χ3n) is 6.48. The topological polar surface area (TPSA) is 23.5 Å². The lowest BCUT2D eigenvalue weighted by Crippen LogP contribution is -2.57. The molecule has 1 saturated heterocycles. The number of aliphatic hydroxyl groups is 1. The first kappa shape index (κ1) is 14.8. The van der Waals surface area contributed by atoms with Crippen molar-refractivity contribution in [3.8, 4) is 0 Å². The second-order valence-electron chi connectivity index (χ2n) is 7.94. The van der Waals surface area contributed by atoms with Crippen molar-refractivity contribution in [2.45, 2.75) is 89.8 Å². The number of hydrogen-bond acceptors (Lipinski definition) is 2. The monoisotopic (exact) mass is 279 g/mol. The lowest BCUT2D eigenvalue weighted by Gasteiger charge is -2.51. The van der Waals surface area contributed by atoms with Gasteiger partial charge < -0.3 is 5.11 Å². The normalized spacial score (nSPS) is 43.5. The zero-order chi connectivity index (χ0) is 14.1. The Kier molecular flexibility index (Phi) is 4.72. The van der Waals surface area contributed by atoms with Gasteiger partial charge in [0, 0.05) is 12.1 Å². The van der Waals surface area contributed by atoms with Gasteiger partial charge in [0.05, 0.1) is 6.10 Å². The molecular weight excluding hydrogens is 246 g/mol. The predicted molar refractivity (Wildman–Crippen MR) is 83.7 cm³/mol. The number of rotatable bonds is 2. The van der Waals surface area contributed by atoms with Crippen molar-refractivity contribution in [1.82, 2.24) is 4.90 Å². The van der Waals surface area contributed by atoms with Crippen LogP contribution >= 0.6 is 0 Å². The van der Waals surface area contributed by atoms with E-state index in [-0.39, 0.29) is 6.10 Å². The molecule has 116 valence electrons. The second kappa shape index (κ2) is 6.36. The number of likely N-dealkylation sites (tertiary alicyclic amines) is 1. The van der Waals surface area contributed by atoms with Crippen LogP contribution in [0.2, 0.25) is 0 Å². The minimum Gasteiger partial charge on any atom is -0.391 e. The molecule has 3 rings (SSSR count). The number of fused-ring (bicyclic) bond motifs is 1. The van der Waals surface area contributed by atoms with Crippen molar-refractivity contribution in [1.29, 1.82) is 0 Å². The van der Waals surface area contributed by atoms with Crippen LogP contribution in [0.25, 0.3) is 0 Å². The van der Waals surface area contributed by atoms with Gasteiger partial charge in [0.1, 0.15) is 0 Å². The number of aliphatic hydroxyl groups excluding tert-OH is 1. The van der Waals surface area contributed by atoms with E-state index in [2.05, 4.69) is 18.7 Å². The highest BCUT2D eigenvalue weighted by Gasteiger charge is 2.41. The Balaban J connectivity index is 1.71. The summed E-state index contributed by atoms with van der Waals surface area (Å²) in [6.45, 7) is 5.96. The zero-order valence-corrected chi connectivity index (χ0v) is 13.4. The van der Waals surface area contributed by atoms with Gasteiger partial charge in [0.15, 0.2) is 0 Å². The van der Waals surface area contributed by atoms with E-state index in [1.807, 2.05) is 0 Å². The smallest absolute Gasteiger partial charge is 0.0695 e. The fourth-order valence-electron chi connectivity index (χ4n) is 5.20. The lowest BCUT2D eigenvalue weighted by atomic mass is 9.73. The van der Waals surface area contributed by atoms with Gasteiger partial charge in [-0.1, -0.05) is 26.7 Å². The molecule has 1 N–H and O–H groups in total. The molecular formula is C18H33NO. The van der Waals surface area contributed by atoms with E-state index in [1.165, 1.54) is 57.9 Å². The summed E-state index contributed by atoms with van der Waals surface area (Å²) in [7, 11) is 0. The summed E-state index contributed by atoms with van der Waals surface area (Å²) in [5, 5.41) is 10.6. The van der Waals surface area contributed by atoms with Crippen LogP contribution < -0.4 is 0 Å². The van der Waals surface area contributed by atoms with E-state index in [1.54, 1.807) is 0 Å². The largest absolute Gasteiger partial charge is 0.391 e. The first-order valence-corrected chi connectivity index (χ1v) is 9.10. The van der Waals surface area contributed by atoms with E-state index in [9.17, 15) is 5.11 Å². The molecule has 3 aliphatic rings. The molecule has 0 bridgehead atoms. The fraction of sp³-hybridized carbons (Fsp3) is 1.00. The second-order valence-corrected chi connectivity index (χ2v) is 7.94. The van der Waals surface area contributed by atoms with Crippen molar-refractivity contribution in [3.05, 3.63) is 0 Å². The van der Waals surface area contributed by atoms with Crippen molar-refractivity contribution in [2.75, 3.05) is 6.54 Å². The molecule has 0 radical (unpaired) electrons. The van der Waals surface area contributed by atoms with Crippen molar-refractivity contribution >= 4 is 0 Å². The summed E-state index contributed by atoms with van der Waals surface area (Å²) in [6, 6.07) is 1.25. The highest BCUT2D eigenvalue weighted by Crippen LogP contribution is 2.40. The van der Waals surface area contributed by atoms with Gasteiger partial charge in [-0.3, -0.25) is 4.90 Å². The number of piperidine rings is 1. The first-order chi connectivity index (χ1) is 9.66. The van der Waals surface area contributed by atoms with E-state index in [4.69, 9.17) is 0 Å². The Morgan fingerprint density at radius 3 is 2.45 bits per heavy atom. The molecule has 0 spiro atoms. The molecule has 2 nitrogen and oxygen atoms in total. The first-order valence-electron chi connectivity index (χ1n) is 9.10. The van der Waals surface area contributed by atoms with Gasteiger partial charge >= 0.3 is 0 Å². The van der Waals surface area contributed by atoms with Crippen LogP contribution in [0, 0.1) is 17.8 Å². The fourth-order valence-corrected chi connectivity index (χ4v) is 5.20. The van der Waals surface area contributed by atoms with E-state index in [0.29, 0.717) is 6.04 Å². The summed E-state index contributed by atoms with van der Waals surface area (Å²) in [5.41, 5.74) is 0. The molecule has 20 heavy (non-hydrogen) atoms. The standard InChI is InChI=1S/C18H33NO/c1-13(2)15-9-10-18(20)17(12-15)19-11-5-7-14-6-3-4-8-16(14)19/h13-18,20H,3-12H2,1-2H3. The Morgan fingerprint density at radius 2 is 1.65 bits per heavy atom. The van der Waals surface area contributed by atoms with Crippen LogP contribution in [0.15, 0.2) is 0 Å². The molecule has 2 aliphatic carbocycles. The lowest BCUT2D eigenvalue weighted by molar-refractivity contribution is -0.0578. The highest BCUT2D eigenvalue weighted by molar-refractivity contribution is 4.95. The molecule has 5 unspecified atom stereocenters. The van der Waals surface area contributed by atoms with Crippen LogP contribution in [0.3, 0.4) is 0 Å². The van der Waals surface area contributed by atoms with E-state index >= 15 is 0 Å². The van der Waals surface area contributed by atoms with Gasteiger partial charge in [-0.2, -0.15) is 0 Å². The summed E-state index contributed by atoms with van der Waals surface area (Å²) in [6.07, 6.45) is 11.9. The van der Waals surface area contributed by atoms with Crippen molar-refractivity contribution < 1.29 is 5.11 Å². The SMILES string of the molecule is CC(C)C1CCC(O)C(N2CCCC3CCCCC32)C1. The Hall–Kier alpha value is -0.0800. The highest BCUT2D eigenvalue weighted by atomic mass is 16.3. The molecule has 2 saturated carbocycles. The molecule has 1 aliphatic heterocycles. The minimum absolute atomic E-state index is 0.0642. The van der Waals surface area contributed by atoms with Crippen molar-refractivity contribution in [3.63, 3.8) is 0 Å². The maximum absolute atomic E-state index is 10.6. The summed E-state index contributed by atoms with van der Waals surface area (Å²) >= 11 is 0. The summed E-state index contributed by atoms with van der Waals surface area (Å²) in [4.78, 5) is 2.76. The van der Waals surface area contributed by atoms with E-state index in [0.717, 1.165) is 30.2 Å². The van der Waals surface area contributed by atoms with Gasteiger partial charge in [-0.25, -0.2) is 0 Å². The minimum atomic E-state index is -0.0642. The average Bonchev–Trinajstić information content (AvgIpc) is 2.47. The van der Waals surface area contributed by atoms with Crippen LogP contribution in [0.5, 0.6) is 0 Å². The molecule has 0 aromatic rings. The summed E-state index contributed by atoms with van der Waals surface area (Å²) in [5.74, 6) is 2.54. The maximum atomic E-state index is 10.6. The van der Waals surface area contributed by atoms with Gasteiger partial charge in [0.25, 0.3) is 0 Å². The zero-order valence-electron chi connectivity index (χ0n) is 13.4. The Bertz CT molecular complexity index is 315. The third-order valence-corrected chi connectivity index (χ3v) is 6.48. The Labute approximate surface area is 124 Å². The van der Waals surface area contributed by atoms with Gasteiger partial charge in [-0.05, 0) is 69.2 Å². The molecule has 0 aromatic carbocycles. The van der Waals surface area contributed by atoms with E-state index < -0.39 is 0 Å². The Morgan fingerprint density at radius 1 is 0.900 bits per heavy atom. The van der Waals surface area contributed by atoms with Gasteiger partial charge in [0.2, 0.25) is 0 Å². The number of nitrogens with zero attached hydrogens (tertiary/aromatic N) is 1. The molecule has 2 heteroatoms.